The first-order chi connectivity index (χ1) is 7.47. The zero-order chi connectivity index (χ0) is 10.3. The lowest BCUT2D eigenvalue weighted by Gasteiger charge is -1.90. The van der Waals surface area contributed by atoms with Gasteiger partial charge in [-0.2, -0.15) is 0 Å². The molecule has 1 N–H and O–H groups in total. The van der Waals surface area contributed by atoms with E-state index in [4.69, 9.17) is 0 Å². The molecule has 2 heterocycles. The van der Waals surface area contributed by atoms with Gasteiger partial charge in [0.05, 0.1) is 5.52 Å². The summed E-state index contributed by atoms with van der Waals surface area (Å²) in [5, 5.41) is 3.91. The summed E-state index contributed by atoms with van der Waals surface area (Å²) in [6.45, 7) is 0.639. The molecule has 4 heteroatoms. The Bertz CT molecular complexity index is 385. The van der Waals surface area contributed by atoms with Crippen LogP contribution in [0.1, 0.15) is 0 Å². The lowest BCUT2D eigenvalue weighted by atomic mass is 10.2. The Labute approximate surface area is 87.6 Å². The topological polar surface area (TPSA) is 47.0 Å². The second kappa shape index (κ2) is 4.95. The number of para-hydroxylation sites is 1. The Kier molecular flexibility index (Phi) is 3.12. The van der Waals surface area contributed by atoms with E-state index in [0.717, 1.165) is 10.9 Å². The van der Waals surface area contributed by atoms with Crippen molar-refractivity contribution in [1.29, 1.82) is 0 Å². The number of aromatic nitrogens is 2. The molecule has 0 aliphatic carbocycles. The number of nitrogens with zero attached hydrogens (tertiary/aromatic N) is 2. The Hall–Kier alpha value is -2.10. The Morgan fingerprint density at radius 1 is 1.27 bits per heavy atom. The molecule has 0 atom stereocenters. The second-order valence-corrected chi connectivity index (χ2v) is 2.90. The monoisotopic (exact) mass is 201 g/mol. The number of fused-ring (bicyclic) bond motifs is 1. The number of nitrogens with one attached hydrogen (secondary N) is 1. The molecule has 4 nitrogen and oxygen atoms in total. The van der Waals surface area contributed by atoms with Crippen molar-refractivity contribution in [2.24, 2.45) is 0 Å². The largest absolute Gasteiger partial charge is 0.479 e. The highest BCUT2D eigenvalue weighted by molar-refractivity contribution is 5.76. The third-order valence-corrected chi connectivity index (χ3v) is 1.86. The van der Waals surface area contributed by atoms with Gasteiger partial charge in [0.15, 0.2) is 6.73 Å². The first-order valence-electron chi connectivity index (χ1n) is 4.61. The summed E-state index contributed by atoms with van der Waals surface area (Å²) in [4.78, 5) is 7.97. The maximum Gasteiger partial charge on any atom is 0.157 e. The van der Waals surface area contributed by atoms with Gasteiger partial charge in [-0.25, -0.2) is 9.97 Å². The highest BCUT2D eigenvalue weighted by atomic mass is 16.5. The molecule has 1 aliphatic rings. The highest BCUT2D eigenvalue weighted by Crippen LogP contribution is 2.06. The zero-order valence-corrected chi connectivity index (χ0v) is 8.13. The summed E-state index contributed by atoms with van der Waals surface area (Å²) < 4.78 is 4.65. The molecule has 2 aromatic rings. The predicted molar refractivity (Wildman–Crippen MR) is 57.8 cm³/mol. The van der Waals surface area contributed by atoms with E-state index >= 15 is 0 Å². The van der Waals surface area contributed by atoms with Gasteiger partial charge in [0.1, 0.15) is 12.6 Å². The highest BCUT2D eigenvalue weighted by Gasteiger charge is 1.87. The number of hydrogen-bond acceptors (Lipinski definition) is 4. The van der Waals surface area contributed by atoms with E-state index in [9.17, 15) is 0 Å². The maximum absolute atomic E-state index is 4.65. The molecule has 76 valence electrons. The summed E-state index contributed by atoms with van der Waals surface area (Å²) in [7, 11) is 0. The van der Waals surface area contributed by atoms with Crippen LogP contribution < -0.4 is 5.32 Å². The van der Waals surface area contributed by atoms with Crippen molar-refractivity contribution < 1.29 is 4.74 Å². The number of benzene rings is 1. The van der Waals surface area contributed by atoms with Crippen LogP contribution in [0.5, 0.6) is 0 Å². The molecule has 0 radical (unpaired) electrons. The van der Waals surface area contributed by atoms with Crippen LogP contribution in [0.4, 0.5) is 0 Å². The predicted octanol–water partition coefficient (Wildman–Crippen LogP) is 1.66. The van der Waals surface area contributed by atoms with Crippen molar-refractivity contribution in [1.82, 2.24) is 15.3 Å². The second-order valence-electron chi connectivity index (χ2n) is 2.90. The quantitative estimate of drug-likeness (QED) is 0.704. The zero-order valence-electron chi connectivity index (χ0n) is 8.13. The molecule has 3 rings (SSSR count). The first-order valence-corrected chi connectivity index (χ1v) is 4.61. The molecule has 0 saturated heterocycles. The average molecular weight is 201 g/mol. The van der Waals surface area contributed by atoms with E-state index in [1.54, 1.807) is 18.8 Å². The van der Waals surface area contributed by atoms with Gasteiger partial charge in [0.25, 0.3) is 0 Å². The van der Waals surface area contributed by atoms with Crippen LogP contribution in [-0.4, -0.2) is 16.7 Å². The van der Waals surface area contributed by atoms with E-state index in [0.29, 0.717) is 6.73 Å². The van der Waals surface area contributed by atoms with Crippen molar-refractivity contribution >= 4 is 10.9 Å². The van der Waals surface area contributed by atoms with Gasteiger partial charge in [0, 0.05) is 17.8 Å². The van der Waals surface area contributed by atoms with Crippen LogP contribution in [0.2, 0.25) is 0 Å². The molecular formula is C11H11N3O. The molecular weight excluding hydrogens is 190 g/mol. The normalized spacial score (nSPS) is 12.5. The summed E-state index contributed by atoms with van der Waals surface area (Å²) >= 11 is 0. The molecule has 0 unspecified atom stereocenters. The molecule has 0 saturated carbocycles. The van der Waals surface area contributed by atoms with Gasteiger partial charge in [0.2, 0.25) is 0 Å². The van der Waals surface area contributed by atoms with Gasteiger partial charge in [-0.05, 0) is 6.07 Å². The fraction of sp³-hybridized carbons (Fsp3) is 0.0909. The summed E-state index contributed by atoms with van der Waals surface area (Å²) in [6.07, 6.45) is 6.75. The van der Waals surface area contributed by atoms with Gasteiger partial charge in [-0.1, -0.05) is 18.2 Å². The molecule has 15 heavy (non-hydrogen) atoms. The van der Waals surface area contributed by atoms with Crippen molar-refractivity contribution in [2.45, 2.75) is 0 Å². The number of rotatable bonds is 0. The first kappa shape index (κ1) is 9.45. The van der Waals surface area contributed by atoms with E-state index in [1.165, 1.54) is 0 Å². The van der Waals surface area contributed by atoms with Crippen LogP contribution in [0, 0.1) is 0 Å². The fourth-order valence-corrected chi connectivity index (χ4v) is 1.16. The van der Waals surface area contributed by atoms with Crippen molar-refractivity contribution in [3.05, 3.63) is 49.3 Å². The van der Waals surface area contributed by atoms with Crippen LogP contribution in [0.3, 0.4) is 0 Å². The molecule has 0 bridgehead atoms. The van der Waals surface area contributed by atoms with Crippen molar-refractivity contribution in [3.8, 4) is 0 Å². The summed E-state index contributed by atoms with van der Waals surface area (Å²) in [5.74, 6) is 0. The summed E-state index contributed by atoms with van der Waals surface area (Å²) in [6, 6.07) is 7.91. The Balaban J connectivity index is 0.000000144. The van der Waals surface area contributed by atoms with Crippen molar-refractivity contribution in [2.75, 3.05) is 6.73 Å². The lowest BCUT2D eigenvalue weighted by molar-refractivity contribution is 0.267. The molecule has 0 spiro atoms. The lowest BCUT2D eigenvalue weighted by Crippen LogP contribution is -1.98. The molecule has 1 aliphatic heterocycles. The molecule has 1 aromatic carbocycles. The molecule has 0 amide bonds. The van der Waals surface area contributed by atoms with Gasteiger partial charge < -0.3 is 10.1 Å². The average Bonchev–Trinajstić information content (AvgIpc) is 2.88. The van der Waals surface area contributed by atoms with E-state index in [2.05, 4.69) is 20.0 Å². The van der Waals surface area contributed by atoms with Gasteiger partial charge in [-0.3, -0.25) is 0 Å². The smallest absolute Gasteiger partial charge is 0.157 e. The molecule has 1 aromatic heterocycles. The van der Waals surface area contributed by atoms with Crippen LogP contribution in [0.15, 0.2) is 49.3 Å². The van der Waals surface area contributed by atoms with E-state index in [1.807, 2.05) is 30.5 Å². The van der Waals surface area contributed by atoms with Crippen LogP contribution >= 0.6 is 0 Å². The third-order valence-electron chi connectivity index (χ3n) is 1.86. The number of hydrogen-bond donors (Lipinski definition) is 1. The maximum atomic E-state index is 4.65. The minimum atomic E-state index is 0.639. The minimum absolute atomic E-state index is 0.639. The minimum Gasteiger partial charge on any atom is -0.479 e. The van der Waals surface area contributed by atoms with Crippen molar-refractivity contribution in [3.63, 3.8) is 0 Å². The molecule has 0 fully saturated rings. The van der Waals surface area contributed by atoms with E-state index in [-0.39, 0.29) is 0 Å². The third kappa shape index (κ3) is 2.67. The SMILES string of the molecule is C1=COCN1.c1ccc2ncncc2c1. The number of ether oxygens (including phenoxy) is 1. The Morgan fingerprint density at radius 3 is 2.87 bits per heavy atom. The van der Waals surface area contributed by atoms with Crippen LogP contribution in [-0.2, 0) is 4.74 Å². The Morgan fingerprint density at radius 2 is 2.20 bits per heavy atom. The standard InChI is InChI=1S/C8H6N2.C3H5NO/c1-2-4-8-7(3-1)5-9-6-10-8;1-2-5-3-4-1/h1-6H;1-2,4H,3H2. The fourth-order valence-electron chi connectivity index (χ4n) is 1.16. The van der Waals surface area contributed by atoms with Gasteiger partial charge in [-0.15, -0.1) is 0 Å². The van der Waals surface area contributed by atoms with Crippen LogP contribution in [0.25, 0.3) is 10.9 Å². The summed E-state index contributed by atoms with van der Waals surface area (Å²) in [5.41, 5.74) is 0.998. The van der Waals surface area contributed by atoms with Gasteiger partial charge >= 0.3 is 0 Å². The van der Waals surface area contributed by atoms with E-state index < -0.39 is 0 Å².